The van der Waals surface area contributed by atoms with Gasteiger partial charge in [-0.15, -0.1) is 11.6 Å². The van der Waals surface area contributed by atoms with Crippen molar-refractivity contribution >= 4 is 30.2 Å². The lowest BCUT2D eigenvalue weighted by molar-refractivity contribution is -0.385. The predicted octanol–water partition coefficient (Wildman–Crippen LogP) is 4.13. The normalized spacial score (nSPS) is 21.1. The molecule has 0 heterocycles. The van der Waals surface area contributed by atoms with E-state index in [0.717, 1.165) is 43.7 Å². The van der Waals surface area contributed by atoms with Gasteiger partial charge in [0.1, 0.15) is 0 Å². The van der Waals surface area contributed by atoms with Crippen LogP contribution in [0.1, 0.15) is 42.4 Å². The average Bonchev–Trinajstić information content (AvgIpc) is 3.09. The lowest BCUT2D eigenvalue weighted by atomic mass is 9.85. The molecule has 0 amide bonds. The van der Waals surface area contributed by atoms with Gasteiger partial charge >= 0.3 is 7.60 Å². The summed E-state index contributed by atoms with van der Waals surface area (Å²) in [7, 11) is -4.54. The van der Waals surface area contributed by atoms with E-state index in [1.807, 2.05) is 12.1 Å². The van der Waals surface area contributed by atoms with Gasteiger partial charge in [0, 0.05) is 23.6 Å². The van der Waals surface area contributed by atoms with E-state index in [2.05, 4.69) is 12.1 Å². The molecule has 1 aliphatic carbocycles. The third-order valence-electron chi connectivity index (χ3n) is 6.43. The smallest absolute Gasteiger partial charge is 0.356 e. The highest BCUT2D eigenvalue weighted by atomic mass is 35.5. The van der Waals surface area contributed by atoms with Crippen molar-refractivity contribution in [3.63, 3.8) is 0 Å². The van der Waals surface area contributed by atoms with Gasteiger partial charge in [-0.3, -0.25) is 14.7 Å². The van der Waals surface area contributed by atoms with E-state index < -0.39 is 12.5 Å². The predicted molar refractivity (Wildman–Crippen MR) is 125 cm³/mol. The Morgan fingerprint density at radius 1 is 1.03 bits per heavy atom. The molecule has 0 aromatic heterocycles. The minimum Gasteiger partial charge on any atom is -0.396 e. The van der Waals surface area contributed by atoms with Gasteiger partial charge in [0.2, 0.25) is 0 Å². The molecule has 3 rings (SSSR count). The van der Waals surface area contributed by atoms with Crippen LogP contribution in [-0.4, -0.2) is 31.8 Å². The Morgan fingerprint density at radius 2 is 1.75 bits per heavy atom. The Balaban J connectivity index is 1.66. The zero-order valence-corrected chi connectivity index (χ0v) is 19.4. The molecule has 1 fully saturated rings. The highest BCUT2D eigenvalue weighted by molar-refractivity contribution is 7.60. The SMILES string of the molecule is O=[N+]([O-])c1cc(P(=O)(O)O)ccc1CC[C@H]1CCC(Cl)C1CCc1cccc(CCO)c1. The molecular weight excluding hydrogens is 453 g/mol. The standard InChI is InChI=1S/C23H29ClNO6P/c24-22-11-8-18(21(22)10-4-16-2-1-3-17(14-16)12-13-26)5-6-19-7-9-20(32(29,30)31)15-23(19)25(27)28/h1-3,7,9,14-15,18,21-22,26H,4-6,8,10-13H2,(H2,29,30,31)/t18-,21?,22?/m0/s1. The number of hydrogen-bond acceptors (Lipinski definition) is 4. The fourth-order valence-electron chi connectivity index (χ4n) is 4.73. The highest BCUT2D eigenvalue weighted by Crippen LogP contribution is 2.42. The molecule has 32 heavy (non-hydrogen) atoms. The molecule has 0 aliphatic heterocycles. The Bertz CT molecular complexity index is 994. The van der Waals surface area contributed by atoms with Gasteiger partial charge in [-0.25, -0.2) is 0 Å². The first kappa shape index (κ1) is 24.9. The van der Waals surface area contributed by atoms with Crippen molar-refractivity contribution in [1.29, 1.82) is 0 Å². The fraction of sp³-hybridized carbons (Fsp3) is 0.478. The molecule has 0 spiro atoms. The second kappa shape index (κ2) is 10.9. The van der Waals surface area contributed by atoms with Crippen molar-refractivity contribution in [3.05, 3.63) is 69.3 Å². The molecule has 2 aromatic rings. The number of aliphatic hydroxyl groups is 1. The number of hydrogen-bond donors (Lipinski definition) is 3. The Morgan fingerprint density at radius 3 is 2.41 bits per heavy atom. The zero-order chi connectivity index (χ0) is 23.3. The molecule has 2 aromatic carbocycles. The van der Waals surface area contributed by atoms with Crippen LogP contribution in [0.5, 0.6) is 0 Å². The first-order valence-electron chi connectivity index (χ1n) is 10.8. The van der Waals surface area contributed by atoms with Gasteiger partial charge in [0.05, 0.1) is 10.2 Å². The summed E-state index contributed by atoms with van der Waals surface area (Å²) >= 11 is 6.63. The molecule has 2 unspecified atom stereocenters. The van der Waals surface area contributed by atoms with E-state index in [9.17, 15) is 24.5 Å². The number of halogens is 1. The van der Waals surface area contributed by atoms with Crippen LogP contribution in [0.4, 0.5) is 5.69 Å². The average molecular weight is 482 g/mol. The summed E-state index contributed by atoms with van der Waals surface area (Å²) in [5.74, 6) is 0.658. The minimum absolute atomic E-state index is 0.0765. The quantitative estimate of drug-likeness (QED) is 0.203. The van der Waals surface area contributed by atoms with E-state index in [-0.39, 0.29) is 23.0 Å². The summed E-state index contributed by atoms with van der Waals surface area (Å²) in [6, 6.07) is 11.9. The number of aryl methyl sites for hydroxylation is 2. The lowest BCUT2D eigenvalue weighted by Gasteiger charge is -2.22. The zero-order valence-electron chi connectivity index (χ0n) is 17.8. The van der Waals surface area contributed by atoms with Crippen molar-refractivity contribution < 1.29 is 24.4 Å². The Labute approximate surface area is 192 Å². The number of benzene rings is 2. The van der Waals surface area contributed by atoms with E-state index in [1.54, 1.807) is 0 Å². The third kappa shape index (κ3) is 6.40. The van der Waals surface area contributed by atoms with E-state index in [0.29, 0.717) is 30.2 Å². The van der Waals surface area contributed by atoms with E-state index in [1.165, 1.54) is 17.7 Å². The van der Waals surface area contributed by atoms with Crippen LogP contribution in [0, 0.1) is 22.0 Å². The summed E-state index contributed by atoms with van der Waals surface area (Å²) < 4.78 is 11.5. The fourth-order valence-corrected chi connectivity index (χ4v) is 5.75. The van der Waals surface area contributed by atoms with Gasteiger partial charge in [0.25, 0.3) is 5.69 Å². The van der Waals surface area contributed by atoms with Crippen molar-refractivity contribution in [1.82, 2.24) is 0 Å². The van der Waals surface area contributed by atoms with Crippen LogP contribution in [-0.2, 0) is 23.8 Å². The molecule has 1 aliphatic rings. The maximum Gasteiger partial charge on any atom is 0.356 e. The molecule has 174 valence electrons. The summed E-state index contributed by atoms with van der Waals surface area (Å²) in [6.07, 6.45) is 5.56. The summed E-state index contributed by atoms with van der Waals surface area (Å²) in [5, 5.41) is 20.3. The summed E-state index contributed by atoms with van der Waals surface area (Å²) in [4.78, 5) is 29.5. The minimum atomic E-state index is -4.54. The number of nitrogens with zero attached hydrogens (tertiary/aromatic N) is 1. The van der Waals surface area contributed by atoms with Gasteiger partial charge in [-0.1, -0.05) is 30.3 Å². The Hall–Kier alpha value is -1.76. The van der Waals surface area contributed by atoms with Crippen LogP contribution >= 0.6 is 19.2 Å². The molecular formula is C23H29ClNO6P. The third-order valence-corrected chi connectivity index (χ3v) is 7.92. The summed E-state index contributed by atoms with van der Waals surface area (Å²) in [6.45, 7) is 0.124. The van der Waals surface area contributed by atoms with Crippen LogP contribution in [0.25, 0.3) is 0 Å². The molecule has 0 radical (unpaired) electrons. The number of alkyl halides is 1. The van der Waals surface area contributed by atoms with Gasteiger partial charge in [-0.05, 0) is 74.0 Å². The van der Waals surface area contributed by atoms with Crippen molar-refractivity contribution in [3.8, 4) is 0 Å². The van der Waals surface area contributed by atoms with Crippen molar-refractivity contribution in [2.24, 2.45) is 11.8 Å². The van der Waals surface area contributed by atoms with E-state index >= 15 is 0 Å². The number of aliphatic hydroxyl groups excluding tert-OH is 1. The molecule has 9 heteroatoms. The van der Waals surface area contributed by atoms with Crippen molar-refractivity contribution in [2.75, 3.05) is 6.61 Å². The first-order chi connectivity index (χ1) is 15.2. The molecule has 1 saturated carbocycles. The first-order valence-corrected chi connectivity index (χ1v) is 12.9. The van der Waals surface area contributed by atoms with Crippen molar-refractivity contribution in [2.45, 2.75) is 50.3 Å². The second-order valence-electron chi connectivity index (χ2n) is 8.50. The Kier molecular flexibility index (Phi) is 8.48. The molecule has 0 bridgehead atoms. The topological polar surface area (TPSA) is 121 Å². The number of nitro benzene ring substituents is 1. The lowest BCUT2D eigenvalue weighted by Crippen LogP contribution is -2.17. The van der Waals surface area contributed by atoms with Gasteiger partial charge in [0.15, 0.2) is 0 Å². The van der Waals surface area contributed by atoms with Crippen LogP contribution in [0.2, 0.25) is 0 Å². The monoisotopic (exact) mass is 481 g/mol. The highest BCUT2D eigenvalue weighted by Gasteiger charge is 2.34. The van der Waals surface area contributed by atoms with Crippen LogP contribution in [0.3, 0.4) is 0 Å². The molecule has 3 N–H and O–H groups in total. The number of rotatable bonds is 10. The molecule has 3 atom stereocenters. The molecule has 7 nitrogen and oxygen atoms in total. The largest absolute Gasteiger partial charge is 0.396 e. The van der Waals surface area contributed by atoms with E-state index in [4.69, 9.17) is 16.7 Å². The van der Waals surface area contributed by atoms with Crippen LogP contribution < -0.4 is 5.30 Å². The summed E-state index contributed by atoms with van der Waals surface area (Å²) in [5.41, 5.74) is 2.57. The second-order valence-corrected chi connectivity index (χ2v) is 10.7. The van der Waals surface area contributed by atoms with Crippen LogP contribution in [0.15, 0.2) is 42.5 Å². The van der Waals surface area contributed by atoms with Gasteiger partial charge in [-0.2, -0.15) is 0 Å². The maximum atomic E-state index is 11.5. The number of nitro groups is 1. The molecule has 0 saturated heterocycles. The maximum absolute atomic E-state index is 11.5. The van der Waals surface area contributed by atoms with Gasteiger partial charge < -0.3 is 14.9 Å².